The Labute approximate surface area is 177 Å². The lowest BCUT2D eigenvalue weighted by atomic mass is 10.3. The second kappa shape index (κ2) is 8.74. The van der Waals surface area contributed by atoms with Crippen molar-refractivity contribution in [3.63, 3.8) is 0 Å². The molecule has 1 saturated heterocycles. The van der Waals surface area contributed by atoms with E-state index in [1.165, 1.54) is 39.8 Å². The molecule has 27 heavy (non-hydrogen) atoms. The summed E-state index contributed by atoms with van der Waals surface area (Å²) in [7, 11) is 1.89. The maximum atomic E-state index is 12.5. The summed E-state index contributed by atoms with van der Waals surface area (Å²) in [5.41, 5.74) is 0. The number of carbonyl (C=O) groups is 2. The minimum Gasteiger partial charge on any atom is -0.481 e. The van der Waals surface area contributed by atoms with Crippen LogP contribution in [0.1, 0.15) is 17.7 Å². The molecule has 3 heterocycles. The molecular weight excluding hydrogens is 448 g/mol. The largest absolute Gasteiger partial charge is 0.481 e. The number of hydrogen-bond donors (Lipinski definition) is 1. The highest BCUT2D eigenvalue weighted by atomic mass is 35.5. The first-order chi connectivity index (χ1) is 12.8. The highest BCUT2D eigenvalue weighted by Crippen LogP contribution is 2.38. The minimum atomic E-state index is -0.898. The van der Waals surface area contributed by atoms with Crippen LogP contribution in [-0.4, -0.2) is 47.3 Å². The molecule has 12 heteroatoms. The van der Waals surface area contributed by atoms with E-state index < -0.39 is 5.97 Å². The van der Waals surface area contributed by atoms with Gasteiger partial charge in [0.2, 0.25) is 0 Å². The number of carboxylic acid groups (broad SMARTS) is 1. The van der Waals surface area contributed by atoms with E-state index in [0.29, 0.717) is 25.7 Å². The van der Waals surface area contributed by atoms with Crippen LogP contribution >= 0.6 is 58.7 Å². The van der Waals surface area contributed by atoms with Crippen LogP contribution in [0.15, 0.2) is 26.8 Å². The van der Waals surface area contributed by atoms with Gasteiger partial charge in [-0.15, -0.1) is 11.3 Å². The van der Waals surface area contributed by atoms with Gasteiger partial charge >= 0.3 is 5.97 Å². The third kappa shape index (κ3) is 4.91. The van der Waals surface area contributed by atoms with Crippen molar-refractivity contribution in [1.29, 1.82) is 0 Å². The number of thiazole rings is 1. The number of thioether (sulfide) groups is 1. The Balaban J connectivity index is 1.73. The number of aromatic nitrogens is 3. The zero-order valence-corrected chi connectivity index (χ0v) is 17.9. The van der Waals surface area contributed by atoms with Gasteiger partial charge in [0, 0.05) is 32.4 Å². The third-order valence-corrected chi connectivity index (χ3v) is 7.37. The SMILES string of the molecule is Cn1ccnc1Sc1nc(Cl)c(C=C2SC(=S)N(CCCC(=O)O)C2=O)s1. The molecule has 0 aliphatic carbocycles. The topological polar surface area (TPSA) is 88.3 Å². The minimum absolute atomic E-state index is 0.00937. The Bertz CT molecular complexity index is 939. The molecule has 1 amide bonds. The van der Waals surface area contributed by atoms with Gasteiger partial charge < -0.3 is 9.67 Å². The van der Waals surface area contributed by atoms with Gasteiger partial charge in [-0.05, 0) is 24.3 Å². The molecule has 7 nitrogen and oxygen atoms in total. The van der Waals surface area contributed by atoms with E-state index in [0.717, 1.165) is 9.50 Å². The molecular formula is C15H13ClN4O3S4. The highest BCUT2D eigenvalue weighted by molar-refractivity contribution is 8.26. The number of nitrogens with zero attached hydrogens (tertiary/aromatic N) is 4. The van der Waals surface area contributed by atoms with Crippen LogP contribution in [-0.2, 0) is 16.6 Å². The predicted octanol–water partition coefficient (Wildman–Crippen LogP) is 3.75. The lowest BCUT2D eigenvalue weighted by Gasteiger charge is -2.13. The van der Waals surface area contributed by atoms with Crippen molar-refractivity contribution in [2.75, 3.05) is 6.54 Å². The van der Waals surface area contributed by atoms with Gasteiger partial charge in [0.1, 0.15) is 9.47 Å². The second-order valence-electron chi connectivity index (χ2n) is 5.39. The van der Waals surface area contributed by atoms with Gasteiger partial charge in [0.25, 0.3) is 5.91 Å². The Morgan fingerprint density at radius 2 is 2.30 bits per heavy atom. The smallest absolute Gasteiger partial charge is 0.303 e. The van der Waals surface area contributed by atoms with Crippen LogP contribution in [0.5, 0.6) is 0 Å². The van der Waals surface area contributed by atoms with E-state index >= 15 is 0 Å². The third-order valence-electron chi connectivity index (χ3n) is 3.45. The second-order valence-corrected chi connectivity index (χ2v) is 9.67. The van der Waals surface area contributed by atoms with E-state index in [2.05, 4.69) is 9.97 Å². The van der Waals surface area contributed by atoms with Crippen LogP contribution in [0.4, 0.5) is 0 Å². The Kier molecular flexibility index (Phi) is 6.58. The van der Waals surface area contributed by atoms with Crippen LogP contribution in [0.2, 0.25) is 5.15 Å². The molecule has 0 atom stereocenters. The standard InChI is InChI=1S/C15H13ClN4O3S4/c1-19-6-4-17-13(19)27-14-18-11(16)8(25-14)7-9-12(23)20(15(24)26-9)5-2-3-10(21)22/h4,6-7H,2-3,5H2,1H3,(H,21,22). The van der Waals surface area contributed by atoms with Crippen molar-refractivity contribution < 1.29 is 14.7 Å². The summed E-state index contributed by atoms with van der Waals surface area (Å²) >= 11 is 15.4. The molecule has 1 fully saturated rings. The summed E-state index contributed by atoms with van der Waals surface area (Å²) in [5.74, 6) is -1.14. The monoisotopic (exact) mass is 460 g/mol. The van der Waals surface area contributed by atoms with Crippen molar-refractivity contribution in [3.8, 4) is 0 Å². The quantitative estimate of drug-likeness (QED) is 0.493. The van der Waals surface area contributed by atoms with Gasteiger partial charge in [0.05, 0.1) is 9.78 Å². The number of thiocarbonyl (C=S) groups is 1. The maximum Gasteiger partial charge on any atom is 0.303 e. The van der Waals surface area contributed by atoms with Crippen LogP contribution < -0.4 is 0 Å². The molecule has 142 valence electrons. The number of rotatable bonds is 7. The van der Waals surface area contributed by atoms with Crippen molar-refractivity contribution in [2.45, 2.75) is 22.3 Å². The molecule has 3 rings (SSSR count). The highest BCUT2D eigenvalue weighted by Gasteiger charge is 2.32. The summed E-state index contributed by atoms with van der Waals surface area (Å²) in [4.78, 5) is 34.3. The van der Waals surface area contributed by atoms with Gasteiger partial charge in [-0.2, -0.15) is 0 Å². The summed E-state index contributed by atoms with van der Waals surface area (Å²) in [6.45, 7) is 0.283. The Morgan fingerprint density at radius 3 is 2.96 bits per heavy atom. The van der Waals surface area contributed by atoms with Crippen molar-refractivity contribution in [2.24, 2.45) is 7.05 Å². The average Bonchev–Trinajstić information content (AvgIpc) is 3.23. The molecule has 2 aromatic rings. The number of aliphatic carboxylic acids is 1. The molecule has 1 N–H and O–H groups in total. The van der Waals surface area contributed by atoms with Crippen molar-refractivity contribution in [3.05, 3.63) is 27.3 Å². The maximum absolute atomic E-state index is 12.5. The van der Waals surface area contributed by atoms with Crippen LogP contribution in [0.3, 0.4) is 0 Å². The van der Waals surface area contributed by atoms with E-state index in [9.17, 15) is 9.59 Å². The number of hydrogen-bond acceptors (Lipinski definition) is 8. The number of carbonyl (C=O) groups excluding carboxylic acids is 1. The van der Waals surface area contributed by atoms with E-state index in [1.807, 2.05) is 17.8 Å². The average molecular weight is 461 g/mol. The Morgan fingerprint density at radius 1 is 1.52 bits per heavy atom. The number of amides is 1. The first-order valence-corrected chi connectivity index (χ1v) is 10.9. The molecule has 0 aromatic carbocycles. The lowest BCUT2D eigenvalue weighted by Crippen LogP contribution is -2.29. The number of imidazole rings is 1. The Hall–Kier alpha value is -1.40. The zero-order valence-electron chi connectivity index (χ0n) is 13.9. The molecule has 0 unspecified atom stereocenters. The first kappa shape index (κ1) is 20.3. The van der Waals surface area contributed by atoms with Crippen molar-refractivity contribution in [1.82, 2.24) is 19.4 Å². The molecule has 1 aliphatic heterocycles. The first-order valence-electron chi connectivity index (χ1n) is 7.64. The van der Waals surface area contributed by atoms with E-state index in [4.69, 9.17) is 28.9 Å². The lowest BCUT2D eigenvalue weighted by molar-refractivity contribution is -0.137. The predicted molar refractivity (Wildman–Crippen MR) is 111 cm³/mol. The summed E-state index contributed by atoms with van der Waals surface area (Å²) in [6.07, 6.45) is 5.56. The van der Waals surface area contributed by atoms with E-state index in [-0.39, 0.29) is 18.9 Å². The molecule has 1 aliphatic rings. The van der Waals surface area contributed by atoms with E-state index in [1.54, 1.807) is 12.3 Å². The fourth-order valence-electron chi connectivity index (χ4n) is 2.16. The van der Waals surface area contributed by atoms with Gasteiger partial charge in [0.15, 0.2) is 9.50 Å². The summed E-state index contributed by atoms with van der Waals surface area (Å²) in [5, 5.41) is 9.83. The summed E-state index contributed by atoms with van der Waals surface area (Å²) < 4.78 is 3.01. The van der Waals surface area contributed by atoms with Crippen LogP contribution in [0.25, 0.3) is 6.08 Å². The molecule has 0 radical (unpaired) electrons. The number of halogens is 1. The fraction of sp³-hybridized carbons (Fsp3) is 0.267. The van der Waals surface area contributed by atoms with Gasteiger partial charge in [-0.3, -0.25) is 14.5 Å². The molecule has 2 aromatic heterocycles. The number of carboxylic acids is 1. The molecule has 0 spiro atoms. The normalized spacial score (nSPS) is 15.9. The number of aryl methyl sites for hydroxylation is 1. The summed E-state index contributed by atoms with van der Waals surface area (Å²) in [6, 6.07) is 0. The molecule has 0 bridgehead atoms. The van der Waals surface area contributed by atoms with Gasteiger partial charge in [-0.1, -0.05) is 35.6 Å². The molecule has 0 saturated carbocycles. The zero-order chi connectivity index (χ0) is 19.6. The fourth-order valence-corrected chi connectivity index (χ4v) is 5.78. The van der Waals surface area contributed by atoms with Crippen LogP contribution in [0, 0.1) is 0 Å². The van der Waals surface area contributed by atoms with Crippen molar-refractivity contribution >= 4 is 81.0 Å². The van der Waals surface area contributed by atoms with Gasteiger partial charge in [-0.25, -0.2) is 9.97 Å².